The second-order valence-corrected chi connectivity index (χ2v) is 4.28. The Labute approximate surface area is 112 Å². The number of pyridine rings is 1. The summed E-state index contributed by atoms with van der Waals surface area (Å²) in [5.74, 6) is 1.22. The lowest BCUT2D eigenvalue weighted by Crippen LogP contribution is -2.03. The van der Waals surface area contributed by atoms with Gasteiger partial charge in [-0.3, -0.25) is 4.98 Å². The van der Waals surface area contributed by atoms with Crippen LogP contribution >= 0.6 is 0 Å². The number of nitrogens with zero attached hydrogens (tertiary/aromatic N) is 1. The molecule has 0 saturated heterocycles. The Kier molecular flexibility index (Phi) is 4.02. The number of aliphatic hydroxyl groups is 1. The summed E-state index contributed by atoms with van der Waals surface area (Å²) >= 11 is 0. The number of ether oxygens (including phenoxy) is 2. The molecule has 1 unspecified atom stereocenters. The largest absolute Gasteiger partial charge is 0.493 e. The highest BCUT2D eigenvalue weighted by Crippen LogP contribution is 2.31. The highest BCUT2D eigenvalue weighted by Gasteiger charge is 2.14. The molecule has 0 aliphatic carbocycles. The zero-order chi connectivity index (χ0) is 13.8. The third-order valence-electron chi connectivity index (χ3n) is 2.94. The summed E-state index contributed by atoms with van der Waals surface area (Å²) in [6.45, 7) is 1.96. The molecular formula is C15H17NO3. The number of benzene rings is 1. The van der Waals surface area contributed by atoms with Crippen molar-refractivity contribution < 1.29 is 14.6 Å². The Bertz CT molecular complexity index is 552. The van der Waals surface area contributed by atoms with Crippen molar-refractivity contribution in [3.05, 3.63) is 53.3 Å². The van der Waals surface area contributed by atoms with Crippen molar-refractivity contribution in [1.29, 1.82) is 0 Å². The molecule has 1 aromatic carbocycles. The van der Waals surface area contributed by atoms with Crippen LogP contribution in [0.1, 0.15) is 22.9 Å². The van der Waals surface area contributed by atoms with Crippen LogP contribution in [0.3, 0.4) is 0 Å². The van der Waals surface area contributed by atoms with Gasteiger partial charge in [0, 0.05) is 6.20 Å². The van der Waals surface area contributed by atoms with Gasteiger partial charge in [-0.25, -0.2) is 0 Å². The molecule has 100 valence electrons. The van der Waals surface area contributed by atoms with Gasteiger partial charge in [0.2, 0.25) is 0 Å². The maximum Gasteiger partial charge on any atom is 0.161 e. The number of hydrogen-bond acceptors (Lipinski definition) is 4. The minimum atomic E-state index is -0.777. The van der Waals surface area contributed by atoms with Gasteiger partial charge in [0.25, 0.3) is 0 Å². The van der Waals surface area contributed by atoms with Crippen molar-refractivity contribution in [2.24, 2.45) is 0 Å². The van der Waals surface area contributed by atoms with Gasteiger partial charge in [0.15, 0.2) is 11.5 Å². The van der Waals surface area contributed by atoms with Crippen molar-refractivity contribution in [1.82, 2.24) is 4.98 Å². The minimum Gasteiger partial charge on any atom is -0.493 e. The van der Waals surface area contributed by atoms with Gasteiger partial charge in [0.05, 0.1) is 19.9 Å². The number of aryl methyl sites for hydroxylation is 1. The average Bonchev–Trinajstić information content (AvgIpc) is 2.46. The molecule has 0 bridgehead atoms. The molecule has 0 aliphatic rings. The quantitative estimate of drug-likeness (QED) is 0.916. The van der Waals surface area contributed by atoms with Gasteiger partial charge < -0.3 is 14.6 Å². The predicted molar refractivity (Wildman–Crippen MR) is 72.6 cm³/mol. The van der Waals surface area contributed by atoms with Gasteiger partial charge in [-0.2, -0.15) is 0 Å². The maximum absolute atomic E-state index is 10.3. The van der Waals surface area contributed by atoms with Crippen LogP contribution in [0.5, 0.6) is 11.5 Å². The van der Waals surface area contributed by atoms with Crippen LogP contribution in [0.25, 0.3) is 0 Å². The van der Waals surface area contributed by atoms with Gasteiger partial charge in [-0.05, 0) is 36.2 Å². The van der Waals surface area contributed by atoms with E-state index in [4.69, 9.17) is 9.47 Å². The molecule has 1 heterocycles. The Balaban J connectivity index is 2.33. The fraction of sp³-hybridized carbons (Fsp3) is 0.267. The number of aromatic nitrogens is 1. The van der Waals surface area contributed by atoms with E-state index >= 15 is 0 Å². The van der Waals surface area contributed by atoms with Gasteiger partial charge in [-0.1, -0.05) is 12.1 Å². The summed E-state index contributed by atoms with van der Waals surface area (Å²) in [6, 6.07) is 9.06. The molecule has 2 rings (SSSR count). The molecule has 2 aromatic rings. The molecule has 0 saturated carbocycles. The van der Waals surface area contributed by atoms with Crippen molar-refractivity contribution in [2.75, 3.05) is 14.2 Å². The van der Waals surface area contributed by atoms with Crippen LogP contribution in [0.15, 0.2) is 36.5 Å². The molecule has 4 heteroatoms. The Hall–Kier alpha value is -2.07. The first-order valence-electron chi connectivity index (χ1n) is 5.98. The van der Waals surface area contributed by atoms with E-state index in [0.29, 0.717) is 22.8 Å². The van der Waals surface area contributed by atoms with E-state index in [1.807, 2.05) is 19.1 Å². The molecule has 1 aromatic heterocycles. The third kappa shape index (κ3) is 2.85. The van der Waals surface area contributed by atoms with E-state index in [1.165, 1.54) is 0 Å². The molecule has 0 spiro atoms. The molecule has 0 aliphatic heterocycles. The lowest BCUT2D eigenvalue weighted by Gasteiger charge is -2.14. The van der Waals surface area contributed by atoms with Crippen LogP contribution in [0.4, 0.5) is 0 Å². The first kappa shape index (κ1) is 13.4. The van der Waals surface area contributed by atoms with Crippen LogP contribution in [0.2, 0.25) is 0 Å². The molecule has 0 amide bonds. The summed E-state index contributed by atoms with van der Waals surface area (Å²) in [4.78, 5) is 4.23. The van der Waals surface area contributed by atoms with Crippen molar-refractivity contribution in [2.45, 2.75) is 13.0 Å². The molecule has 1 atom stereocenters. The van der Waals surface area contributed by atoms with Crippen molar-refractivity contribution >= 4 is 0 Å². The first-order valence-corrected chi connectivity index (χ1v) is 5.98. The molecule has 4 nitrogen and oxygen atoms in total. The highest BCUT2D eigenvalue weighted by atomic mass is 16.5. The fourth-order valence-corrected chi connectivity index (χ4v) is 1.83. The maximum atomic E-state index is 10.3. The Morgan fingerprint density at radius 1 is 1.05 bits per heavy atom. The number of aliphatic hydroxyl groups excluding tert-OH is 1. The normalized spacial score (nSPS) is 12.0. The van der Waals surface area contributed by atoms with Gasteiger partial charge in [0.1, 0.15) is 6.10 Å². The van der Waals surface area contributed by atoms with E-state index < -0.39 is 6.10 Å². The van der Waals surface area contributed by atoms with E-state index in [9.17, 15) is 5.11 Å². The van der Waals surface area contributed by atoms with Gasteiger partial charge >= 0.3 is 0 Å². The summed E-state index contributed by atoms with van der Waals surface area (Å²) in [5.41, 5.74) is 2.38. The molecule has 1 N–H and O–H groups in total. The smallest absolute Gasteiger partial charge is 0.161 e. The zero-order valence-corrected chi connectivity index (χ0v) is 11.3. The Morgan fingerprint density at radius 3 is 2.37 bits per heavy atom. The lowest BCUT2D eigenvalue weighted by molar-refractivity contribution is 0.214. The molecule has 0 fully saturated rings. The predicted octanol–water partition coefficient (Wildman–Crippen LogP) is 2.49. The van der Waals surface area contributed by atoms with E-state index in [0.717, 1.165) is 5.56 Å². The Morgan fingerprint density at radius 2 is 1.79 bits per heavy atom. The second-order valence-electron chi connectivity index (χ2n) is 4.28. The minimum absolute atomic E-state index is 0.589. The van der Waals surface area contributed by atoms with Gasteiger partial charge in [-0.15, -0.1) is 0 Å². The van der Waals surface area contributed by atoms with E-state index in [2.05, 4.69) is 4.98 Å². The summed E-state index contributed by atoms with van der Waals surface area (Å²) < 4.78 is 10.4. The van der Waals surface area contributed by atoms with Crippen LogP contribution in [-0.2, 0) is 0 Å². The highest BCUT2D eigenvalue weighted by molar-refractivity contribution is 5.44. The number of rotatable bonds is 4. The van der Waals surface area contributed by atoms with Crippen molar-refractivity contribution in [3.63, 3.8) is 0 Å². The number of methoxy groups -OCH3 is 2. The topological polar surface area (TPSA) is 51.6 Å². The third-order valence-corrected chi connectivity index (χ3v) is 2.94. The standard InChI is InChI=1S/C15H17NO3/c1-10-4-6-12(16-9-10)15(17)11-5-7-13(18-2)14(8-11)19-3/h4-9,15,17H,1-3H3. The average molecular weight is 259 g/mol. The summed E-state index contributed by atoms with van der Waals surface area (Å²) in [7, 11) is 3.15. The van der Waals surface area contributed by atoms with Crippen LogP contribution in [-0.4, -0.2) is 24.3 Å². The lowest BCUT2D eigenvalue weighted by atomic mass is 10.0. The summed E-state index contributed by atoms with van der Waals surface area (Å²) in [5, 5.41) is 10.3. The molecule has 19 heavy (non-hydrogen) atoms. The van der Waals surface area contributed by atoms with E-state index in [-0.39, 0.29) is 0 Å². The molecule has 0 radical (unpaired) electrons. The second kappa shape index (κ2) is 5.71. The number of hydrogen-bond donors (Lipinski definition) is 1. The fourth-order valence-electron chi connectivity index (χ4n) is 1.83. The first-order chi connectivity index (χ1) is 9.15. The summed E-state index contributed by atoms with van der Waals surface area (Å²) in [6.07, 6.45) is 0.958. The SMILES string of the molecule is COc1ccc(C(O)c2ccc(C)cn2)cc1OC. The molecular weight excluding hydrogens is 242 g/mol. The monoisotopic (exact) mass is 259 g/mol. The van der Waals surface area contributed by atoms with Crippen LogP contribution < -0.4 is 9.47 Å². The van der Waals surface area contributed by atoms with Crippen molar-refractivity contribution in [3.8, 4) is 11.5 Å². The van der Waals surface area contributed by atoms with E-state index in [1.54, 1.807) is 38.6 Å². The van der Waals surface area contributed by atoms with Crippen LogP contribution in [0, 0.1) is 6.92 Å². The zero-order valence-electron chi connectivity index (χ0n) is 11.3.